The Bertz CT molecular complexity index is 698. The predicted molar refractivity (Wildman–Crippen MR) is 84.2 cm³/mol. The Balaban J connectivity index is 1.82. The summed E-state index contributed by atoms with van der Waals surface area (Å²) < 4.78 is 6.34. The lowest BCUT2D eigenvalue weighted by atomic mass is 10.1. The van der Waals surface area contributed by atoms with E-state index in [0.717, 1.165) is 4.47 Å². The van der Waals surface area contributed by atoms with Crippen LogP contribution in [0.5, 0.6) is 5.75 Å². The summed E-state index contributed by atoms with van der Waals surface area (Å²) in [6, 6.07) is 8.95. The largest absolute Gasteiger partial charge is 0.491 e. The Labute approximate surface area is 134 Å². The van der Waals surface area contributed by atoms with Gasteiger partial charge in [-0.05, 0) is 39.5 Å². The number of carbonyl (C=O) groups excluding carboxylic acids is 2. The summed E-state index contributed by atoms with van der Waals surface area (Å²) in [5.74, 6) is 0.350. The van der Waals surface area contributed by atoms with Crippen molar-refractivity contribution in [3.8, 4) is 5.75 Å². The molecule has 2 heterocycles. The van der Waals surface area contributed by atoms with Crippen LogP contribution in [0.15, 0.2) is 40.2 Å². The van der Waals surface area contributed by atoms with Crippen molar-refractivity contribution in [2.24, 2.45) is 0 Å². The Hall–Kier alpha value is -1.66. The molecule has 0 saturated carbocycles. The van der Waals surface area contributed by atoms with E-state index in [1.807, 2.05) is 17.5 Å². The first-order valence-corrected chi connectivity index (χ1v) is 8.11. The first-order valence-electron chi connectivity index (χ1n) is 6.44. The van der Waals surface area contributed by atoms with Gasteiger partial charge in [-0.2, -0.15) is 0 Å². The number of hydrogen-bond donors (Lipinski definition) is 0. The van der Waals surface area contributed by atoms with Crippen molar-refractivity contribution >= 4 is 39.0 Å². The monoisotopic (exact) mass is 365 g/mol. The number of ketones is 1. The number of hydrogen-bond acceptors (Lipinski definition) is 4. The zero-order valence-electron chi connectivity index (χ0n) is 11.0. The molecule has 0 radical (unpaired) electrons. The molecule has 0 fully saturated rings. The first-order chi connectivity index (χ1) is 10.2. The second kappa shape index (κ2) is 5.99. The number of rotatable bonds is 3. The molecule has 4 nitrogen and oxygen atoms in total. The van der Waals surface area contributed by atoms with Gasteiger partial charge in [0.05, 0.1) is 23.5 Å². The van der Waals surface area contributed by atoms with Gasteiger partial charge in [0.15, 0.2) is 5.78 Å². The highest BCUT2D eigenvalue weighted by Crippen LogP contribution is 2.25. The van der Waals surface area contributed by atoms with E-state index in [2.05, 4.69) is 15.9 Å². The van der Waals surface area contributed by atoms with Gasteiger partial charge in [0.1, 0.15) is 12.4 Å². The Morgan fingerprint density at radius 1 is 1.33 bits per heavy atom. The van der Waals surface area contributed by atoms with Crippen LogP contribution in [0, 0.1) is 0 Å². The summed E-state index contributed by atoms with van der Waals surface area (Å²) in [5, 5.41) is 1.85. The normalized spacial score (nSPS) is 14.3. The van der Waals surface area contributed by atoms with Crippen molar-refractivity contribution in [3.05, 3.63) is 50.6 Å². The minimum Gasteiger partial charge on any atom is -0.491 e. The van der Waals surface area contributed by atoms with E-state index >= 15 is 0 Å². The van der Waals surface area contributed by atoms with Gasteiger partial charge in [-0.1, -0.05) is 12.1 Å². The van der Waals surface area contributed by atoms with Crippen LogP contribution in [0.4, 0.5) is 0 Å². The minimum atomic E-state index is -0.163. The van der Waals surface area contributed by atoms with E-state index in [0.29, 0.717) is 29.3 Å². The van der Waals surface area contributed by atoms with Gasteiger partial charge in [-0.25, -0.2) is 0 Å². The number of fused-ring (bicyclic) bond motifs is 1. The summed E-state index contributed by atoms with van der Waals surface area (Å²) in [6.07, 6.45) is 0. The highest BCUT2D eigenvalue weighted by atomic mass is 79.9. The van der Waals surface area contributed by atoms with E-state index in [-0.39, 0.29) is 18.2 Å². The number of halogens is 1. The van der Waals surface area contributed by atoms with Crippen LogP contribution in [0.1, 0.15) is 20.0 Å². The molecule has 1 aromatic heterocycles. The summed E-state index contributed by atoms with van der Waals surface area (Å²) in [6.45, 7) is 0.861. The second-order valence-electron chi connectivity index (χ2n) is 4.59. The number of ether oxygens (including phenoxy) is 1. The Kier molecular flexibility index (Phi) is 4.07. The molecule has 0 unspecified atom stereocenters. The van der Waals surface area contributed by atoms with Gasteiger partial charge in [0, 0.05) is 4.47 Å². The molecule has 1 aromatic carbocycles. The standard InChI is InChI=1S/C15H12BrNO3S/c16-11-5-8-21-14(11)12(18)9-17-6-7-20-13-4-2-1-3-10(13)15(17)19/h1-5,8H,6-7,9H2. The van der Waals surface area contributed by atoms with Crippen LogP contribution >= 0.6 is 27.3 Å². The number of para-hydroxylation sites is 1. The molecule has 1 amide bonds. The lowest BCUT2D eigenvalue weighted by Crippen LogP contribution is -2.36. The fourth-order valence-corrected chi connectivity index (χ4v) is 3.72. The Morgan fingerprint density at radius 2 is 2.14 bits per heavy atom. The smallest absolute Gasteiger partial charge is 0.258 e. The molecule has 1 aliphatic heterocycles. The lowest BCUT2D eigenvalue weighted by Gasteiger charge is -2.18. The molecule has 0 aliphatic carbocycles. The van der Waals surface area contributed by atoms with Crippen LogP contribution < -0.4 is 4.74 Å². The van der Waals surface area contributed by atoms with Gasteiger partial charge in [0.25, 0.3) is 5.91 Å². The average Bonchev–Trinajstić information content (AvgIpc) is 2.85. The third-order valence-corrected chi connectivity index (χ3v) is 5.11. The second-order valence-corrected chi connectivity index (χ2v) is 6.36. The Morgan fingerprint density at radius 3 is 2.90 bits per heavy atom. The van der Waals surface area contributed by atoms with E-state index < -0.39 is 0 Å². The molecule has 6 heteroatoms. The maximum Gasteiger partial charge on any atom is 0.258 e. The van der Waals surface area contributed by atoms with Crippen LogP contribution in [0.25, 0.3) is 0 Å². The number of benzene rings is 1. The number of amides is 1. The quantitative estimate of drug-likeness (QED) is 0.784. The molecule has 2 aromatic rings. The summed E-state index contributed by atoms with van der Waals surface area (Å²) in [4.78, 5) is 27.0. The molecular weight excluding hydrogens is 354 g/mol. The molecule has 21 heavy (non-hydrogen) atoms. The van der Waals surface area contributed by atoms with Gasteiger partial charge in [0.2, 0.25) is 0 Å². The highest BCUT2D eigenvalue weighted by molar-refractivity contribution is 9.10. The molecule has 108 valence electrons. The highest BCUT2D eigenvalue weighted by Gasteiger charge is 2.26. The summed E-state index contributed by atoms with van der Waals surface area (Å²) >= 11 is 4.72. The first kappa shape index (κ1) is 14.3. The van der Waals surface area contributed by atoms with Crippen molar-refractivity contribution in [2.45, 2.75) is 0 Å². The molecule has 0 spiro atoms. The third-order valence-electron chi connectivity index (χ3n) is 3.23. The topological polar surface area (TPSA) is 46.6 Å². The zero-order valence-corrected chi connectivity index (χ0v) is 13.4. The maximum atomic E-state index is 12.5. The van der Waals surface area contributed by atoms with Gasteiger partial charge < -0.3 is 9.64 Å². The number of nitrogens with zero attached hydrogens (tertiary/aromatic N) is 1. The van der Waals surface area contributed by atoms with E-state index in [4.69, 9.17) is 4.74 Å². The van der Waals surface area contributed by atoms with Crippen molar-refractivity contribution in [3.63, 3.8) is 0 Å². The molecule has 0 atom stereocenters. The molecule has 0 bridgehead atoms. The molecule has 1 aliphatic rings. The average molecular weight is 366 g/mol. The summed E-state index contributed by atoms with van der Waals surface area (Å²) in [7, 11) is 0. The van der Waals surface area contributed by atoms with Crippen molar-refractivity contribution in [1.29, 1.82) is 0 Å². The maximum absolute atomic E-state index is 12.5. The van der Waals surface area contributed by atoms with Crippen molar-refractivity contribution < 1.29 is 14.3 Å². The summed E-state index contributed by atoms with van der Waals surface area (Å²) in [5.41, 5.74) is 0.507. The number of Topliss-reactive ketones (excluding diaryl/α,β-unsaturated/α-hetero) is 1. The van der Waals surface area contributed by atoms with Crippen LogP contribution in [0.2, 0.25) is 0 Å². The van der Waals surface area contributed by atoms with Gasteiger partial charge in [-0.15, -0.1) is 11.3 Å². The zero-order chi connectivity index (χ0) is 14.8. The van der Waals surface area contributed by atoms with E-state index in [1.165, 1.54) is 11.3 Å². The minimum absolute atomic E-state index is 0.0651. The number of thiophene rings is 1. The fourth-order valence-electron chi connectivity index (χ4n) is 2.20. The lowest BCUT2D eigenvalue weighted by molar-refractivity contribution is 0.0709. The number of carbonyl (C=O) groups is 2. The van der Waals surface area contributed by atoms with Crippen molar-refractivity contribution in [2.75, 3.05) is 19.7 Å². The molecule has 0 saturated heterocycles. The predicted octanol–water partition coefficient (Wildman–Crippen LogP) is 3.23. The third kappa shape index (κ3) is 2.87. The van der Waals surface area contributed by atoms with Crippen LogP contribution in [-0.2, 0) is 0 Å². The van der Waals surface area contributed by atoms with E-state index in [9.17, 15) is 9.59 Å². The van der Waals surface area contributed by atoms with E-state index in [1.54, 1.807) is 23.1 Å². The van der Waals surface area contributed by atoms with Crippen LogP contribution in [0.3, 0.4) is 0 Å². The van der Waals surface area contributed by atoms with Crippen molar-refractivity contribution in [1.82, 2.24) is 4.90 Å². The fraction of sp³-hybridized carbons (Fsp3) is 0.200. The molecule has 0 N–H and O–H groups in total. The van der Waals surface area contributed by atoms with Gasteiger partial charge in [-0.3, -0.25) is 9.59 Å². The van der Waals surface area contributed by atoms with Gasteiger partial charge >= 0.3 is 0 Å². The SMILES string of the molecule is O=C(CN1CCOc2ccccc2C1=O)c1sccc1Br. The van der Waals surface area contributed by atoms with Crippen LogP contribution in [-0.4, -0.2) is 36.3 Å². The molecule has 3 rings (SSSR count). The molecular formula is C15H12BrNO3S.